The van der Waals surface area contributed by atoms with Crippen LogP contribution in [0, 0.1) is 11.7 Å². The van der Waals surface area contributed by atoms with E-state index in [2.05, 4.69) is 15.5 Å². The molecule has 2 heterocycles. The van der Waals surface area contributed by atoms with Crippen molar-refractivity contribution in [2.24, 2.45) is 5.92 Å². The number of benzene rings is 1. The lowest BCUT2D eigenvalue weighted by Crippen LogP contribution is -2.20. The van der Waals surface area contributed by atoms with Crippen LogP contribution in [-0.4, -0.2) is 40.4 Å². The topological polar surface area (TPSA) is 101 Å². The van der Waals surface area contributed by atoms with Crippen LogP contribution in [0.5, 0.6) is 0 Å². The molecule has 1 aromatic heterocycles. The van der Waals surface area contributed by atoms with Crippen LogP contribution in [0.25, 0.3) is 11.3 Å². The molecule has 0 radical (unpaired) electrons. The summed E-state index contributed by atoms with van der Waals surface area (Å²) < 4.78 is 18.8. The number of cyclic esters (lactones) is 1. The highest BCUT2D eigenvalue weighted by atomic mass is 35.5. The maximum absolute atomic E-state index is 13.9. The van der Waals surface area contributed by atoms with E-state index in [4.69, 9.17) is 16.3 Å². The fourth-order valence-corrected chi connectivity index (χ4v) is 2.63. The van der Waals surface area contributed by atoms with Crippen LogP contribution in [-0.2, 0) is 9.53 Å². The van der Waals surface area contributed by atoms with E-state index in [1.54, 1.807) is 0 Å². The molecule has 9 heteroatoms. The molecule has 7 nitrogen and oxygen atoms in total. The van der Waals surface area contributed by atoms with Crippen LogP contribution in [0.4, 0.5) is 10.2 Å². The first-order valence-electron chi connectivity index (χ1n) is 7.42. The van der Waals surface area contributed by atoms with Gasteiger partial charge in [-0.3, -0.25) is 4.79 Å². The number of nitrogens with zero attached hydrogens (tertiary/aromatic N) is 2. The van der Waals surface area contributed by atoms with Gasteiger partial charge in [0.1, 0.15) is 11.4 Å². The summed E-state index contributed by atoms with van der Waals surface area (Å²) in [6, 6.07) is 5.09. The summed E-state index contributed by atoms with van der Waals surface area (Å²) in [5, 5.41) is 20.2. The normalized spacial score (nSPS) is 16.6. The lowest BCUT2D eigenvalue weighted by atomic mass is 10.1. The molecular formula is C16H13ClFN3O4. The monoisotopic (exact) mass is 365 g/mol. The number of halogens is 2. The highest BCUT2D eigenvalue weighted by Gasteiger charge is 2.27. The molecule has 1 fully saturated rings. The van der Waals surface area contributed by atoms with Crippen molar-refractivity contribution >= 4 is 29.4 Å². The van der Waals surface area contributed by atoms with Gasteiger partial charge >= 0.3 is 11.9 Å². The minimum absolute atomic E-state index is 0.00149. The third kappa shape index (κ3) is 3.69. The maximum Gasteiger partial charge on any atom is 0.339 e. The molecule has 0 spiro atoms. The summed E-state index contributed by atoms with van der Waals surface area (Å²) in [6.07, 6.45) is 0.549. The Morgan fingerprint density at radius 2 is 2.20 bits per heavy atom. The smallest absolute Gasteiger partial charge is 0.339 e. The predicted octanol–water partition coefficient (Wildman–Crippen LogP) is 2.61. The Kier molecular flexibility index (Phi) is 4.80. The van der Waals surface area contributed by atoms with Crippen molar-refractivity contribution in [1.82, 2.24) is 10.2 Å². The van der Waals surface area contributed by atoms with Crippen LogP contribution in [0.1, 0.15) is 16.8 Å². The summed E-state index contributed by atoms with van der Waals surface area (Å²) in [4.78, 5) is 23.0. The number of nitrogens with one attached hydrogen (secondary N) is 1. The van der Waals surface area contributed by atoms with Crippen LogP contribution in [0.2, 0.25) is 5.02 Å². The zero-order valence-electron chi connectivity index (χ0n) is 12.8. The van der Waals surface area contributed by atoms with Crippen molar-refractivity contribution < 1.29 is 23.8 Å². The van der Waals surface area contributed by atoms with Gasteiger partial charge in [0.05, 0.1) is 18.2 Å². The Morgan fingerprint density at radius 3 is 2.88 bits per heavy atom. The minimum Gasteiger partial charge on any atom is -0.478 e. The van der Waals surface area contributed by atoms with Gasteiger partial charge in [0.25, 0.3) is 0 Å². The lowest BCUT2D eigenvalue weighted by Gasteiger charge is -2.11. The second-order valence-corrected chi connectivity index (χ2v) is 5.89. The third-order valence-electron chi connectivity index (χ3n) is 3.79. The molecule has 25 heavy (non-hydrogen) atoms. The average Bonchev–Trinajstić information content (AvgIpc) is 3.00. The molecule has 0 bridgehead atoms. The van der Waals surface area contributed by atoms with Gasteiger partial charge in [-0.05, 0) is 30.7 Å². The van der Waals surface area contributed by atoms with Gasteiger partial charge in [-0.2, -0.15) is 0 Å². The first-order chi connectivity index (χ1) is 12.0. The summed E-state index contributed by atoms with van der Waals surface area (Å²) in [5.41, 5.74) is -0.0904. The Labute approximate surface area is 146 Å². The number of hydrogen-bond donors (Lipinski definition) is 2. The van der Waals surface area contributed by atoms with Crippen molar-refractivity contribution in [2.75, 3.05) is 18.5 Å². The molecule has 3 rings (SSSR count). The van der Waals surface area contributed by atoms with E-state index in [0.29, 0.717) is 13.0 Å². The SMILES string of the molecule is O=C(O)c1cc(-c2cc(Cl)ccc2F)nnc1NCC1CCOC1=O. The average molecular weight is 366 g/mol. The number of hydrogen-bond acceptors (Lipinski definition) is 6. The third-order valence-corrected chi connectivity index (χ3v) is 4.02. The van der Waals surface area contributed by atoms with Crippen molar-refractivity contribution in [3.8, 4) is 11.3 Å². The van der Waals surface area contributed by atoms with Crippen molar-refractivity contribution in [2.45, 2.75) is 6.42 Å². The lowest BCUT2D eigenvalue weighted by molar-refractivity contribution is -0.140. The second kappa shape index (κ2) is 7.02. The van der Waals surface area contributed by atoms with Crippen LogP contribution < -0.4 is 5.32 Å². The van der Waals surface area contributed by atoms with Crippen LogP contribution in [0.15, 0.2) is 24.3 Å². The summed E-state index contributed by atoms with van der Waals surface area (Å²) >= 11 is 5.85. The molecule has 0 amide bonds. The van der Waals surface area contributed by atoms with Gasteiger partial charge in [0, 0.05) is 17.1 Å². The zero-order chi connectivity index (χ0) is 18.0. The quantitative estimate of drug-likeness (QED) is 0.785. The number of ether oxygens (including phenoxy) is 1. The molecule has 1 unspecified atom stereocenters. The summed E-state index contributed by atoms with van der Waals surface area (Å²) in [6.45, 7) is 0.522. The molecular weight excluding hydrogens is 353 g/mol. The van der Waals surface area contributed by atoms with Crippen LogP contribution >= 0.6 is 11.6 Å². The molecule has 0 saturated carbocycles. The minimum atomic E-state index is -1.25. The zero-order valence-corrected chi connectivity index (χ0v) is 13.6. The first-order valence-corrected chi connectivity index (χ1v) is 7.80. The molecule has 1 atom stereocenters. The number of carboxylic acids is 1. The van der Waals surface area contributed by atoms with Crippen molar-refractivity contribution in [3.05, 3.63) is 40.7 Å². The Bertz CT molecular complexity index is 846. The Morgan fingerprint density at radius 1 is 1.40 bits per heavy atom. The molecule has 1 aliphatic heterocycles. The maximum atomic E-state index is 13.9. The first kappa shape index (κ1) is 17.1. The molecule has 2 N–H and O–H groups in total. The van der Waals surface area contributed by atoms with Crippen molar-refractivity contribution in [3.63, 3.8) is 0 Å². The Balaban J connectivity index is 1.89. The number of carboxylic acid groups (broad SMARTS) is 1. The van der Waals surface area contributed by atoms with Crippen molar-refractivity contribution in [1.29, 1.82) is 0 Å². The van der Waals surface area contributed by atoms with Crippen LogP contribution in [0.3, 0.4) is 0 Å². The molecule has 1 aromatic carbocycles. The van der Waals surface area contributed by atoms with Gasteiger partial charge in [0.15, 0.2) is 5.82 Å². The standard InChI is InChI=1S/C16H13ClFN3O4/c17-9-1-2-12(18)10(5-9)13-6-11(15(22)23)14(21-20-13)19-7-8-3-4-25-16(8)24/h1-2,5-6,8H,3-4,7H2,(H,19,21)(H,22,23). The van der Waals surface area contributed by atoms with Gasteiger partial charge in [-0.25, -0.2) is 9.18 Å². The van der Waals surface area contributed by atoms with E-state index in [9.17, 15) is 19.1 Å². The number of aromatic carboxylic acids is 1. The van der Waals surface area contributed by atoms with Gasteiger partial charge < -0.3 is 15.2 Å². The number of anilines is 1. The molecule has 130 valence electrons. The molecule has 1 aliphatic rings. The van der Waals surface area contributed by atoms with E-state index < -0.39 is 11.8 Å². The number of carbonyl (C=O) groups is 2. The fourth-order valence-electron chi connectivity index (χ4n) is 2.45. The summed E-state index contributed by atoms with van der Waals surface area (Å²) in [5.74, 6) is -2.55. The van der Waals surface area contributed by atoms with Gasteiger partial charge in [-0.1, -0.05) is 11.6 Å². The van der Waals surface area contributed by atoms with E-state index in [1.165, 1.54) is 18.2 Å². The number of esters is 1. The summed E-state index contributed by atoms with van der Waals surface area (Å²) in [7, 11) is 0. The van der Waals surface area contributed by atoms with E-state index >= 15 is 0 Å². The molecule has 1 saturated heterocycles. The highest BCUT2D eigenvalue weighted by Crippen LogP contribution is 2.26. The predicted molar refractivity (Wildman–Crippen MR) is 87.0 cm³/mol. The molecule has 0 aliphatic carbocycles. The fraction of sp³-hybridized carbons (Fsp3) is 0.250. The number of carbonyl (C=O) groups excluding carboxylic acids is 1. The van der Waals surface area contributed by atoms with E-state index in [-0.39, 0.29) is 46.1 Å². The second-order valence-electron chi connectivity index (χ2n) is 5.46. The van der Waals surface area contributed by atoms with Gasteiger partial charge in [0.2, 0.25) is 0 Å². The number of aromatic nitrogens is 2. The Hall–Kier alpha value is -2.74. The van der Waals surface area contributed by atoms with E-state index in [0.717, 1.165) is 6.07 Å². The largest absolute Gasteiger partial charge is 0.478 e. The van der Waals surface area contributed by atoms with Gasteiger partial charge in [-0.15, -0.1) is 10.2 Å². The number of rotatable bonds is 5. The highest BCUT2D eigenvalue weighted by molar-refractivity contribution is 6.30. The van der Waals surface area contributed by atoms with E-state index in [1.807, 2.05) is 0 Å². The molecule has 2 aromatic rings.